The van der Waals surface area contributed by atoms with Gasteiger partial charge in [0.05, 0.1) is 30.3 Å². The number of hydrogen-bond acceptors (Lipinski definition) is 7. The summed E-state index contributed by atoms with van der Waals surface area (Å²) >= 11 is 7.51. The highest BCUT2D eigenvalue weighted by Gasteiger charge is 2.44. The fourth-order valence-corrected chi connectivity index (χ4v) is 7.70. The molecule has 7 nitrogen and oxygen atoms in total. The molecule has 0 bridgehead atoms. The van der Waals surface area contributed by atoms with Gasteiger partial charge in [-0.3, -0.25) is 9.79 Å². The summed E-state index contributed by atoms with van der Waals surface area (Å²) in [6.07, 6.45) is 0. The van der Waals surface area contributed by atoms with Gasteiger partial charge in [-0.25, -0.2) is 8.42 Å². The van der Waals surface area contributed by atoms with Gasteiger partial charge >= 0.3 is 0 Å². The van der Waals surface area contributed by atoms with Gasteiger partial charge in [0.1, 0.15) is 12.3 Å². The largest absolute Gasteiger partial charge is 0.495 e. The van der Waals surface area contributed by atoms with Gasteiger partial charge in [0.25, 0.3) is 0 Å². The first-order chi connectivity index (χ1) is 15.1. The minimum Gasteiger partial charge on any atom is -0.495 e. The van der Waals surface area contributed by atoms with Crippen molar-refractivity contribution in [3.8, 4) is 5.75 Å². The van der Waals surface area contributed by atoms with Crippen molar-refractivity contribution in [2.24, 2.45) is 4.99 Å². The predicted molar refractivity (Wildman–Crippen MR) is 131 cm³/mol. The third-order valence-corrected chi connectivity index (χ3v) is 9.06. The SMILES string of the molecule is COc1ccc(Cl)cc1NC(=O)CN(C1=NC2CS(=O)(=O)CC2S1)c1ccc(C)c(C)c1. The highest BCUT2D eigenvalue weighted by Crippen LogP contribution is 2.37. The molecule has 10 heteroatoms. The number of ether oxygens (including phenoxy) is 1. The molecule has 32 heavy (non-hydrogen) atoms. The van der Waals surface area contributed by atoms with Crippen LogP contribution in [-0.2, 0) is 14.6 Å². The Bertz CT molecular complexity index is 1200. The summed E-state index contributed by atoms with van der Waals surface area (Å²) in [5.74, 6) is 0.410. The number of thioether (sulfide) groups is 1. The number of nitrogens with one attached hydrogen (secondary N) is 1. The molecule has 2 aliphatic rings. The third-order valence-electron chi connectivity index (χ3n) is 5.58. The number of anilines is 2. The van der Waals surface area contributed by atoms with E-state index < -0.39 is 9.84 Å². The first-order valence-electron chi connectivity index (χ1n) is 10.1. The second-order valence-electron chi connectivity index (χ2n) is 7.96. The number of methoxy groups -OCH3 is 1. The molecule has 2 unspecified atom stereocenters. The average molecular weight is 494 g/mol. The molecule has 1 saturated heterocycles. The lowest BCUT2D eigenvalue weighted by molar-refractivity contribution is -0.114. The van der Waals surface area contributed by atoms with Crippen LogP contribution >= 0.6 is 23.4 Å². The van der Waals surface area contributed by atoms with Gasteiger partial charge in [-0.2, -0.15) is 0 Å². The van der Waals surface area contributed by atoms with E-state index in [9.17, 15) is 13.2 Å². The van der Waals surface area contributed by atoms with Crippen LogP contribution in [0.15, 0.2) is 41.4 Å². The van der Waals surface area contributed by atoms with Gasteiger partial charge in [-0.1, -0.05) is 29.4 Å². The van der Waals surface area contributed by atoms with E-state index >= 15 is 0 Å². The number of carbonyl (C=O) groups is 1. The zero-order valence-corrected chi connectivity index (χ0v) is 20.4. The van der Waals surface area contributed by atoms with Crippen molar-refractivity contribution in [3.63, 3.8) is 0 Å². The molecule has 0 spiro atoms. The van der Waals surface area contributed by atoms with E-state index in [2.05, 4.69) is 10.3 Å². The Morgan fingerprint density at radius 2 is 2.00 bits per heavy atom. The maximum atomic E-state index is 13.0. The molecule has 2 heterocycles. The van der Waals surface area contributed by atoms with Crippen LogP contribution in [0.3, 0.4) is 0 Å². The second-order valence-corrected chi connectivity index (χ2v) is 11.8. The van der Waals surface area contributed by atoms with Crippen molar-refractivity contribution >= 4 is 55.6 Å². The monoisotopic (exact) mass is 493 g/mol. The molecule has 2 aliphatic heterocycles. The van der Waals surface area contributed by atoms with Gasteiger partial charge in [0, 0.05) is 16.0 Å². The van der Waals surface area contributed by atoms with Gasteiger partial charge in [0.15, 0.2) is 15.0 Å². The molecule has 2 atom stereocenters. The number of sulfone groups is 1. The summed E-state index contributed by atoms with van der Waals surface area (Å²) in [4.78, 5) is 19.5. The van der Waals surface area contributed by atoms with Crippen LogP contribution < -0.4 is 15.0 Å². The standard InChI is InChI=1S/C22H24ClN3O4S2/c1-13-4-6-16(8-14(13)2)26(22-25-18-11-32(28,29)12-20(18)31-22)10-21(27)24-17-9-15(23)5-7-19(17)30-3/h4-9,18,20H,10-12H2,1-3H3,(H,24,27). The number of halogens is 1. The molecule has 0 radical (unpaired) electrons. The number of nitrogens with zero attached hydrogens (tertiary/aromatic N) is 2. The average Bonchev–Trinajstić information content (AvgIpc) is 3.22. The third kappa shape index (κ3) is 4.89. The smallest absolute Gasteiger partial charge is 0.244 e. The normalized spacial score (nSPS) is 21.1. The summed E-state index contributed by atoms with van der Waals surface area (Å²) in [6, 6.07) is 10.7. The predicted octanol–water partition coefficient (Wildman–Crippen LogP) is 3.68. The summed E-state index contributed by atoms with van der Waals surface area (Å²) in [6.45, 7) is 4.05. The Morgan fingerprint density at radius 1 is 1.22 bits per heavy atom. The molecule has 2 aromatic rings. The molecule has 0 aliphatic carbocycles. The van der Waals surface area contributed by atoms with Gasteiger partial charge in [-0.05, 0) is 55.3 Å². The Kier molecular flexibility index (Phi) is 6.42. The highest BCUT2D eigenvalue weighted by molar-refractivity contribution is 8.15. The number of benzene rings is 2. The number of amides is 1. The van der Waals surface area contributed by atoms with E-state index in [4.69, 9.17) is 16.3 Å². The molecular weight excluding hydrogens is 470 g/mol. The zero-order valence-electron chi connectivity index (χ0n) is 18.0. The van der Waals surface area contributed by atoms with Crippen molar-refractivity contribution in [3.05, 3.63) is 52.5 Å². The van der Waals surface area contributed by atoms with Crippen molar-refractivity contribution in [1.82, 2.24) is 0 Å². The first kappa shape index (κ1) is 22.9. The minimum absolute atomic E-state index is 0.0101. The Morgan fingerprint density at radius 3 is 2.69 bits per heavy atom. The molecule has 1 amide bonds. The lowest BCUT2D eigenvalue weighted by Crippen LogP contribution is -2.36. The molecule has 1 fully saturated rings. The van der Waals surface area contributed by atoms with Crippen LogP contribution in [0.1, 0.15) is 11.1 Å². The molecule has 2 aromatic carbocycles. The topological polar surface area (TPSA) is 88.1 Å². The van der Waals surface area contributed by atoms with Crippen molar-refractivity contribution in [2.75, 3.05) is 35.4 Å². The summed E-state index contributed by atoms with van der Waals surface area (Å²) in [5, 5.41) is 3.90. The van der Waals surface area contributed by atoms with E-state index in [0.717, 1.165) is 16.8 Å². The van der Waals surface area contributed by atoms with E-state index in [1.54, 1.807) is 18.2 Å². The van der Waals surface area contributed by atoms with Gasteiger partial charge < -0.3 is 15.0 Å². The fraction of sp³-hybridized carbons (Fsp3) is 0.364. The maximum absolute atomic E-state index is 13.0. The lowest BCUT2D eigenvalue weighted by Gasteiger charge is -2.25. The number of aryl methyl sites for hydroxylation is 2. The zero-order chi connectivity index (χ0) is 23.0. The van der Waals surface area contributed by atoms with Gasteiger partial charge in [-0.15, -0.1) is 0 Å². The molecule has 0 saturated carbocycles. The molecule has 0 aromatic heterocycles. The van der Waals surface area contributed by atoms with Crippen LogP contribution in [-0.4, -0.2) is 55.9 Å². The summed E-state index contributed by atoms with van der Waals surface area (Å²) in [7, 11) is -1.53. The van der Waals surface area contributed by atoms with Crippen LogP contribution in [0.4, 0.5) is 11.4 Å². The quantitative estimate of drug-likeness (QED) is 0.683. The number of hydrogen-bond donors (Lipinski definition) is 1. The molecule has 4 rings (SSSR count). The highest BCUT2D eigenvalue weighted by atomic mass is 35.5. The van der Waals surface area contributed by atoms with E-state index in [1.165, 1.54) is 18.9 Å². The molecule has 170 valence electrons. The second kappa shape index (κ2) is 8.96. The van der Waals surface area contributed by atoms with Crippen molar-refractivity contribution in [2.45, 2.75) is 25.1 Å². The van der Waals surface area contributed by atoms with Crippen LogP contribution in [0.2, 0.25) is 5.02 Å². The number of fused-ring (bicyclic) bond motifs is 1. The Balaban J connectivity index is 1.61. The maximum Gasteiger partial charge on any atom is 0.244 e. The Hall–Kier alpha value is -2.23. The van der Waals surface area contributed by atoms with Crippen molar-refractivity contribution in [1.29, 1.82) is 0 Å². The Labute approximate surface area is 197 Å². The molecule has 1 N–H and O–H groups in total. The number of rotatable bonds is 5. The van der Waals surface area contributed by atoms with E-state index in [-0.39, 0.29) is 35.2 Å². The van der Waals surface area contributed by atoms with Crippen LogP contribution in [0.25, 0.3) is 0 Å². The van der Waals surface area contributed by atoms with Crippen LogP contribution in [0.5, 0.6) is 5.75 Å². The fourth-order valence-electron chi connectivity index (χ4n) is 3.74. The van der Waals surface area contributed by atoms with Gasteiger partial charge in [0.2, 0.25) is 5.91 Å². The molecular formula is C22H24ClN3O4S2. The van der Waals surface area contributed by atoms with E-state index in [1.807, 2.05) is 36.9 Å². The van der Waals surface area contributed by atoms with Crippen molar-refractivity contribution < 1.29 is 17.9 Å². The lowest BCUT2D eigenvalue weighted by atomic mass is 10.1. The minimum atomic E-state index is -3.06. The number of carbonyl (C=O) groups excluding carboxylic acids is 1. The number of aliphatic imine (C=N–C) groups is 1. The summed E-state index contributed by atoms with van der Waals surface area (Å²) in [5.41, 5.74) is 3.55. The van der Waals surface area contributed by atoms with E-state index in [0.29, 0.717) is 21.6 Å². The first-order valence-corrected chi connectivity index (χ1v) is 13.2. The number of amidine groups is 1. The van der Waals surface area contributed by atoms with Crippen LogP contribution in [0, 0.1) is 13.8 Å². The summed E-state index contributed by atoms with van der Waals surface area (Å²) < 4.78 is 29.2.